The first kappa shape index (κ1) is 16.3. The van der Waals surface area contributed by atoms with E-state index in [9.17, 15) is 27.9 Å². The number of non-ortho nitro benzene ring substituents is 1. The molecular weight excluding hydrogens is 330 g/mol. The smallest absolute Gasteiger partial charge is 0.271 e. The van der Waals surface area contributed by atoms with Gasteiger partial charge in [-0.05, 0) is 18.2 Å². The Morgan fingerprint density at radius 1 is 1.30 bits per heavy atom. The average molecular weight is 338 g/mol. The molecule has 0 radical (unpaired) electrons. The number of benzene rings is 1. The summed E-state index contributed by atoms with van der Waals surface area (Å²) < 4.78 is 36.7. The highest BCUT2D eigenvalue weighted by atomic mass is 32.2. The Bertz CT molecular complexity index is 886. The van der Waals surface area contributed by atoms with Crippen molar-refractivity contribution in [2.75, 3.05) is 0 Å². The van der Waals surface area contributed by atoms with E-state index < -0.39 is 26.0 Å². The monoisotopic (exact) mass is 338 g/mol. The summed E-state index contributed by atoms with van der Waals surface area (Å²) in [5.74, 6) is -0.785. The number of nitro groups is 1. The summed E-state index contributed by atoms with van der Waals surface area (Å²) in [6.45, 7) is 0. The van der Waals surface area contributed by atoms with Gasteiger partial charge in [0.05, 0.1) is 11.1 Å². The second kappa shape index (κ2) is 6.37. The number of hydrogen-bond acceptors (Lipinski definition) is 8. The maximum absolute atomic E-state index is 11.8. The molecule has 1 aromatic carbocycles. The molecular formula is C12H8N3O7S-. The van der Waals surface area contributed by atoms with E-state index >= 15 is 0 Å². The lowest BCUT2D eigenvalue weighted by atomic mass is 10.2. The molecule has 0 saturated heterocycles. The fourth-order valence-corrected chi connectivity index (χ4v) is 1.95. The van der Waals surface area contributed by atoms with Crippen molar-refractivity contribution in [1.29, 1.82) is 0 Å². The first-order valence-corrected chi connectivity index (χ1v) is 7.32. The lowest BCUT2D eigenvalue weighted by molar-refractivity contribution is -0.384. The van der Waals surface area contributed by atoms with Gasteiger partial charge in [-0.25, -0.2) is 13.8 Å². The maximum Gasteiger partial charge on any atom is 0.271 e. The number of carbonyl (C=O) groups excluding carboxylic acids is 1. The summed E-state index contributed by atoms with van der Waals surface area (Å²) in [5.41, 5.74) is 1.84. The van der Waals surface area contributed by atoms with Crippen LogP contribution in [0, 0.1) is 10.1 Å². The standard InChI is InChI=1S/C12H9N3O7S/c16-12(8-2-1-3-9(6-8)15(17)18)14-13-7-10-4-5-11(22-10)23(19,20)21/h1-7H,(H,14,16)(H,19,20,21)/p-1/b13-7+. The second-order valence-corrected chi connectivity index (χ2v) is 5.43. The SMILES string of the molecule is O=C(N/N=C/c1ccc(S(=O)(=O)[O-])o1)c1cccc([N+](=O)[O-])c1. The number of hydrogen-bond donors (Lipinski definition) is 1. The summed E-state index contributed by atoms with van der Waals surface area (Å²) in [4.78, 5) is 21.7. The van der Waals surface area contributed by atoms with Crippen molar-refractivity contribution in [3.63, 3.8) is 0 Å². The molecule has 0 unspecified atom stereocenters. The Hall–Kier alpha value is -3.05. The molecule has 2 rings (SSSR count). The highest BCUT2D eigenvalue weighted by Gasteiger charge is 2.11. The molecule has 0 aliphatic heterocycles. The lowest BCUT2D eigenvalue weighted by Gasteiger charge is -2.00. The number of nitro benzene ring substituents is 1. The van der Waals surface area contributed by atoms with Crippen LogP contribution in [-0.2, 0) is 10.1 Å². The zero-order chi connectivity index (χ0) is 17.0. The van der Waals surface area contributed by atoms with E-state index in [0.29, 0.717) is 0 Å². The van der Waals surface area contributed by atoms with E-state index in [4.69, 9.17) is 4.42 Å². The molecule has 0 bridgehead atoms. The number of rotatable bonds is 5. The summed E-state index contributed by atoms with van der Waals surface area (Å²) in [5, 5.41) is 13.3. The number of amides is 1. The molecule has 1 heterocycles. The molecule has 0 saturated carbocycles. The Balaban J connectivity index is 2.05. The van der Waals surface area contributed by atoms with Gasteiger partial charge in [0.15, 0.2) is 10.1 Å². The molecule has 2 aromatic rings. The predicted molar refractivity (Wildman–Crippen MR) is 74.8 cm³/mol. The topological polar surface area (TPSA) is 155 Å². The van der Waals surface area contributed by atoms with Crippen LogP contribution in [0.25, 0.3) is 0 Å². The lowest BCUT2D eigenvalue weighted by Crippen LogP contribution is -2.17. The number of carbonyl (C=O) groups is 1. The van der Waals surface area contributed by atoms with Crippen LogP contribution in [0.5, 0.6) is 0 Å². The summed E-state index contributed by atoms with van der Waals surface area (Å²) in [6.07, 6.45) is 0.976. The van der Waals surface area contributed by atoms with Crippen molar-refractivity contribution in [3.8, 4) is 0 Å². The molecule has 10 nitrogen and oxygen atoms in total. The summed E-state index contributed by atoms with van der Waals surface area (Å²) in [6, 6.07) is 7.12. The van der Waals surface area contributed by atoms with Crippen molar-refractivity contribution >= 4 is 27.9 Å². The first-order valence-electron chi connectivity index (χ1n) is 5.91. The third kappa shape index (κ3) is 4.21. The molecule has 0 spiro atoms. The van der Waals surface area contributed by atoms with Gasteiger partial charge < -0.3 is 8.97 Å². The van der Waals surface area contributed by atoms with Crippen molar-refractivity contribution in [2.45, 2.75) is 5.09 Å². The molecule has 23 heavy (non-hydrogen) atoms. The first-order chi connectivity index (χ1) is 10.8. The van der Waals surface area contributed by atoms with Crippen LogP contribution in [-0.4, -0.2) is 30.0 Å². The minimum Gasteiger partial charge on any atom is -0.742 e. The van der Waals surface area contributed by atoms with Gasteiger partial charge in [0.25, 0.3) is 11.6 Å². The minimum atomic E-state index is -4.71. The highest BCUT2D eigenvalue weighted by molar-refractivity contribution is 7.85. The van der Waals surface area contributed by atoms with Crippen LogP contribution in [0.15, 0.2) is 51.0 Å². The van der Waals surface area contributed by atoms with Crippen LogP contribution in [0.4, 0.5) is 5.69 Å². The third-order valence-corrected chi connectivity index (χ3v) is 3.24. The van der Waals surface area contributed by atoms with Crippen LogP contribution < -0.4 is 5.43 Å². The number of hydrazone groups is 1. The molecule has 1 N–H and O–H groups in total. The van der Waals surface area contributed by atoms with Crippen molar-refractivity contribution in [1.82, 2.24) is 5.43 Å². The van der Waals surface area contributed by atoms with Gasteiger partial charge >= 0.3 is 0 Å². The zero-order valence-corrected chi connectivity index (χ0v) is 12.0. The molecule has 1 amide bonds. The van der Waals surface area contributed by atoms with Gasteiger partial charge in [0, 0.05) is 17.7 Å². The minimum absolute atomic E-state index is 0.0126. The van der Waals surface area contributed by atoms with Crippen LogP contribution in [0.1, 0.15) is 16.1 Å². The van der Waals surface area contributed by atoms with E-state index in [0.717, 1.165) is 18.3 Å². The van der Waals surface area contributed by atoms with E-state index in [1.54, 1.807) is 0 Å². The molecule has 1 aromatic heterocycles. The van der Waals surface area contributed by atoms with Crippen molar-refractivity contribution in [2.24, 2.45) is 5.10 Å². The summed E-state index contributed by atoms with van der Waals surface area (Å²) >= 11 is 0. The maximum atomic E-state index is 11.8. The molecule has 0 fully saturated rings. The van der Waals surface area contributed by atoms with Gasteiger partial charge in [0.2, 0.25) is 5.09 Å². The van der Waals surface area contributed by atoms with E-state index in [-0.39, 0.29) is 17.0 Å². The van der Waals surface area contributed by atoms with Gasteiger partial charge in [-0.1, -0.05) is 6.07 Å². The normalized spacial score (nSPS) is 11.5. The fourth-order valence-electron chi connectivity index (χ4n) is 1.52. The van der Waals surface area contributed by atoms with Crippen LogP contribution in [0.2, 0.25) is 0 Å². The van der Waals surface area contributed by atoms with Gasteiger partial charge in [-0.15, -0.1) is 0 Å². The number of nitrogens with zero attached hydrogens (tertiary/aromatic N) is 2. The van der Waals surface area contributed by atoms with Gasteiger partial charge in [-0.3, -0.25) is 14.9 Å². The molecule has 0 aliphatic carbocycles. The van der Waals surface area contributed by atoms with E-state index in [1.807, 2.05) is 0 Å². The predicted octanol–water partition coefficient (Wildman–Crippen LogP) is 0.856. The zero-order valence-electron chi connectivity index (χ0n) is 11.2. The van der Waals surface area contributed by atoms with E-state index in [1.165, 1.54) is 24.3 Å². The van der Waals surface area contributed by atoms with Crippen molar-refractivity contribution in [3.05, 3.63) is 57.8 Å². The third-order valence-electron chi connectivity index (χ3n) is 2.53. The molecule has 0 aliphatic rings. The molecule has 120 valence electrons. The Kier molecular flexibility index (Phi) is 4.52. The van der Waals surface area contributed by atoms with Gasteiger partial charge in [0.1, 0.15) is 5.76 Å². The van der Waals surface area contributed by atoms with Crippen LogP contribution >= 0.6 is 0 Å². The molecule has 0 atom stereocenters. The number of furan rings is 1. The second-order valence-electron chi connectivity index (χ2n) is 4.12. The van der Waals surface area contributed by atoms with Crippen LogP contribution in [0.3, 0.4) is 0 Å². The quantitative estimate of drug-likeness (QED) is 0.366. The highest BCUT2D eigenvalue weighted by Crippen LogP contribution is 2.13. The Labute approximate surface area is 129 Å². The molecule has 11 heteroatoms. The Morgan fingerprint density at radius 3 is 2.65 bits per heavy atom. The van der Waals surface area contributed by atoms with E-state index in [2.05, 4.69) is 10.5 Å². The Morgan fingerprint density at radius 2 is 2.04 bits per heavy atom. The summed E-state index contributed by atoms with van der Waals surface area (Å²) in [7, 11) is -4.71. The average Bonchev–Trinajstić information content (AvgIpc) is 2.96. The largest absolute Gasteiger partial charge is 0.742 e. The number of nitrogens with one attached hydrogen (secondary N) is 1. The van der Waals surface area contributed by atoms with Gasteiger partial charge in [-0.2, -0.15) is 5.10 Å². The fraction of sp³-hybridized carbons (Fsp3) is 0. The van der Waals surface area contributed by atoms with Crippen molar-refractivity contribution < 1.29 is 27.1 Å².